The fraction of sp³-hybridized carbons (Fsp3) is 0.857. The monoisotopic (exact) mass is 347 g/mol. The highest BCUT2D eigenvalue weighted by atomic mass is 16.6. The Morgan fingerprint density at radius 1 is 1.32 bits per heavy atom. The Balaban J connectivity index is 1.56. The molecule has 0 amide bonds. The van der Waals surface area contributed by atoms with E-state index in [2.05, 4.69) is 24.8 Å². The van der Waals surface area contributed by atoms with Crippen molar-refractivity contribution in [3.05, 3.63) is 11.6 Å². The largest absolute Gasteiger partial charge is 0.461 e. The molecule has 4 rings (SSSR count). The van der Waals surface area contributed by atoms with Gasteiger partial charge in [-0.25, -0.2) is 0 Å². The summed E-state index contributed by atoms with van der Waals surface area (Å²) in [5.74, 6) is 0.806. The summed E-state index contributed by atoms with van der Waals surface area (Å²) in [6, 6.07) is 0.218. The van der Waals surface area contributed by atoms with Gasteiger partial charge in [-0.2, -0.15) is 0 Å². The molecule has 0 spiro atoms. The first-order valence-corrected chi connectivity index (χ1v) is 10.3. The van der Waals surface area contributed by atoms with Crippen LogP contribution in [0.4, 0.5) is 0 Å². The predicted molar refractivity (Wildman–Crippen MR) is 97.0 cm³/mol. The Morgan fingerprint density at radius 2 is 2.16 bits per heavy atom. The molecular weight excluding hydrogens is 314 g/mol. The maximum absolute atomic E-state index is 12.7. The zero-order chi connectivity index (χ0) is 17.6. The lowest BCUT2D eigenvalue weighted by Gasteiger charge is -2.46. The number of aliphatic hydroxyl groups excluding tert-OH is 1. The lowest BCUT2D eigenvalue weighted by Crippen LogP contribution is -2.46. The van der Waals surface area contributed by atoms with E-state index in [-0.39, 0.29) is 42.0 Å². The number of hydrogen-bond acceptors (Lipinski definition) is 4. The van der Waals surface area contributed by atoms with Crippen molar-refractivity contribution < 1.29 is 14.6 Å². The van der Waals surface area contributed by atoms with Crippen molar-refractivity contribution in [2.24, 2.45) is 23.2 Å². The van der Waals surface area contributed by atoms with Crippen molar-refractivity contribution in [1.82, 2.24) is 4.90 Å². The number of ether oxygens (including phenoxy) is 1. The van der Waals surface area contributed by atoms with E-state index in [1.165, 1.54) is 32.1 Å². The standard InChI is InChI=1S/C21H33NO3/c1-14-6-5-8-21(2)11-19-16(10-18(14)21)17(20(24)25-19)12-22-9-4-3-7-15(22)13-23/h10,14-17,19,23H,3-9,11-13H2,1-2H3. The minimum absolute atomic E-state index is 0.0102. The quantitative estimate of drug-likeness (QED) is 0.629. The number of carbonyl (C=O) groups excluding carboxylic acids is 1. The molecule has 4 heteroatoms. The number of likely N-dealkylation sites (tertiary alicyclic amines) is 1. The molecule has 4 aliphatic rings. The van der Waals surface area contributed by atoms with Crippen LogP contribution >= 0.6 is 0 Å². The van der Waals surface area contributed by atoms with Gasteiger partial charge in [-0.05, 0) is 50.0 Å². The summed E-state index contributed by atoms with van der Waals surface area (Å²) in [6.45, 7) is 6.67. The molecule has 2 aliphatic carbocycles. The van der Waals surface area contributed by atoms with Gasteiger partial charge in [0.15, 0.2) is 0 Å². The van der Waals surface area contributed by atoms with E-state index in [0.29, 0.717) is 5.92 Å². The molecule has 2 saturated heterocycles. The van der Waals surface area contributed by atoms with Crippen LogP contribution in [0.15, 0.2) is 11.6 Å². The smallest absolute Gasteiger partial charge is 0.311 e. The third-order valence-corrected chi connectivity index (χ3v) is 7.47. The van der Waals surface area contributed by atoms with Crippen molar-refractivity contribution >= 4 is 5.97 Å². The maximum atomic E-state index is 12.7. The topological polar surface area (TPSA) is 49.8 Å². The highest BCUT2D eigenvalue weighted by Gasteiger charge is 2.52. The molecule has 1 saturated carbocycles. The van der Waals surface area contributed by atoms with E-state index in [4.69, 9.17) is 4.74 Å². The number of aliphatic hydroxyl groups is 1. The number of esters is 1. The molecule has 0 aromatic carbocycles. The second-order valence-corrected chi connectivity index (χ2v) is 9.17. The molecule has 4 nitrogen and oxygen atoms in total. The molecule has 2 heterocycles. The number of rotatable bonds is 3. The highest BCUT2D eigenvalue weighted by molar-refractivity contribution is 5.76. The molecule has 1 N–H and O–H groups in total. The van der Waals surface area contributed by atoms with Crippen LogP contribution < -0.4 is 0 Å². The first kappa shape index (κ1) is 17.5. The number of allylic oxidation sites excluding steroid dienone is 1. The van der Waals surface area contributed by atoms with Crippen LogP contribution in [0.25, 0.3) is 0 Å². The van der Waals surface area contributed by atoms with Crippen molar-refractivity contribution in [3.63, 3.8) is 0 Å². The molecule has 0 bridgehead atoms. The zero-order valence-electron chi connectivity index (χ0n) is 15.7. The fourth-order valence-corrected chi connectivity index (χ4v) is 6.02. The molecular formula is C21H33NO3. The van der Waals surface area contributed by atoms with Crippen LogP contribution in [-0.2, 0) is 9.53 Å². The lowest BCUT2D eigenvalue weighted by atomic mass is 9.59. The Morgan fingerprint density at radius 3 is 2.96 bits per heavy atom. The molecule has 0 aromatic heterocycles. The summed E-state index contributed by atoms with van der Waals surface area (Å²) in [6.07, 6.45) is 10.7. The Kier molecular flexibility index (Phi) is 4.70. The van der Waals surface area contributed by atoms with Gasteiger partial charge in [-0.1, -0.05) is 38.3 Å². The van der Waals surface area contributed by atoms with E-state index < -0.39 is 0 Å². The Labute approximate surface area is 151 Å². The number of piperidine rings is 1. The highest BCUT2D eigenvalue weighted by Crippen LogP contribution is 2.54. The molecule has 0 aromatic rings. The van der Waals surface area contributed by atoms with Crippen LogP contribution in [-0.4, -0.2) is 47.8 Å². The second kappa shape index (κ2) is 6.70. The van der Waals surface area contributed by atoms with Crippen molar-refractivity contribution in [3.8, 4) is 0 Å². The number of hydrogen-bond donors (Lipinski definition) is 1. The van der Waals surface area contributed by atoms with Crippen molar-refractivity contribution in [2.45, 2.75) is 70.9 Å². The summed E-state index contributed by atoms with van der Waals surface area (Å²) in [7, 11) is 0. The van der Waals surface area contributed by atoms with Gasteiger partial charge in [0.25, 0.3) is 0 Å². The van der Waals surface area contributed by atoms with Gasteiger partial charge in [-0.3, -0.25) is 9.69 Å². The number of carbonyl (C=O) groups is 1. The van der Waals surface area contributed by atoms with Gasteiger partial charge < -0.3 is 9.84 Å². The van der Waals surface area contributed by atoms with Crippen LogP contribution in [0.2, 0.25) is 0 Å². The van der Waals surface area contributed by atoms with Crippen LogP contribution in [0, 0.1) is 23.2 Å². The van der Waals surface area contributed by atoms with E-state index in [1.54, 1.807) is 5.57 Å². The summed E-state index contributed by atoms with van der Waals surface area (Å²) in [5.41, 5.74) is 1.81. The Bertz CT molecular complexity index is 559. The SMILES string of the molecule is CC1CCCC2(C)CC3OC(=O)C(CN4CCCCC4CO)C3C=C12. The van der Waals surface area contributed by atoms with Crippen LogP contribution in [0.3, 0.4) is 0 Å². The normalized spacial score (nSPS) is 44.7. The average molecular weight is 347 g/mol. The maximum Gasteiger partial charge on any atom is 0.311 e. The summed E-state index contributed by atoms with van der Waals surface area (Å²) >= 11 is 0. The minimum Gasteiger partial charge on any atom is -0.461 e. The summed E-state index contributed by atoms with van der Waals surface area (Å²) in [5, 5.41) is 9.69. The predicted octanol–water partition coefficient (Wildman–Crippen LogP) is 3.15. The molecule has 140 valence electrons. The number of nitrogens with zero attached hydrogens (tertiary/aromatic N) is 1. The van der Waals surface area contributed by atoms with Gasteiger partial charge in [0.2, 0.25) is 0 Å². The second-order valence-electron chi connectivity index (χ2n) is 9.17. The molecule has 6 atom stereocenters. The fourth-order valence-electron chi connectivity index (χ4n) is 6.02. The minimum atomic E-state index is -0.0525. The molecule has 2 aliphatic heterocycles. The lowest BCUT2D eigenvalue weighted by molar-refractivity contribution is -0.145. The number of fused-ring (bicyclic) bond motifs is 2. The first-order chi connectivity index (χ1) is 12.0. The van der Waals surface area contributed by atoms with Crippen LogP contribution in [0.1, 0.15) is 58.8 Å². The van der Waals surface area contributed by atoms with Gasteiger partial charge in [-0.15, -0.1) is 0 Å². The zero-order valence-corrected chi connectivity index (χ0v) is 15.7. The molecule has 25 heavy (non-hydrogen) atoms. The van der Waals surface area contributed by atoms with Gasteiger partial charge >= 0.3 is 5.97 Å². The van der Waals surface area contributed by atoms with Crippen molar-refractivity contribution in [1.29, 1.82) is 0 Å². The van der Waals surface area contributed by atoms with E-state index in [0.717, 1.165) is 25.9 Å². The third kappa shape index (κ3) is 3.06. The third-order valence-electron chi connectivity index (χ3n) is 7.47. The van der Waals surface area contributed by atoms with Crippen molar-refractivity contribution in [2.75, 3.05) is 19.7 Å². The van der Waals surface area contributed by atoms with Gasteiger partial charge in [0.1, 0.15) is 6.10 Å². The van der Waals surface area contributed by atoms with Crippen LogP contribution in [0.5, 0.6) is 0 Å². The first-order valence-electron chi connectivity index (χ1n) is 10.3. The van der Waals surface area contributed by atoms with E-state index in [9.17, 15) is 9.90 Å². The van der Waals surface area contributed by atoms with Gasteiger partial charge in [0, 0.05) is 18.5 Å². The molecule has 3 fully saturated rings. The Hall–Kier alpha value is -0.870. The van der Waals surface area contributed by atoms with Gasteiger partial charge in [0.05, 0.1) is 12.5 Å². The molecule has 6 unspecified atom stereocenters. The summed E-state index contributed by atoms with van der Waals surface area (Å²) in [4.78, 5) is 15.0. The average Bonchev–Trinajstić information content (AvgIpc) is 2.88. The van der Waals surface area contributed by atoms with E-state index in [1.807, 2.05) is 0 Å². The summed E-state index contributed by atoms with van der Waals surface area (Å²) < 4.78 is 5.87. The van der Waals surface area contributed by atoms with E-state index >= 15 is 0 Å². The molecule has 0 radical (unpaired) electrons.